The van der Waals surface area contributed by atoms with Crippen molar-refractivity contribution in [1.82, 2.24) is 10.2 Å². The first-order valence-electron chi connectivity index (χ1n) is 9.04. The van der Waals surface area contributed by atoms with Crippen LogP contribution in [0.15, 0.2) is 53.6 Å². The highest BCUT2D eigenvalue weighted by molar-refractivity contribution is 7.99. The molecule has 1 aliphatic heterocycles. The molecule has 0 saturated heterocycles. The van der Waals surface area contributed by atoms with Crippen molar-refractivity contribution in [3.05, 3.63) is 48.5 Å². The number of nitrogens with one attached hydrogen (secondary N) is 1. The maximum absolute atomic E-state index is 12.2. The van der Waals surface area contributed by atoms with E-state index in [2.05, 4.69) is 15.5 Å². The number of carbonyl (C=O) groups is 1. The Morgan fingerprint density at radius 2 is 1.83 bits per heavy atom. The number of thioether (sulfide) groups is 1. The normalized spacial score (nSPS) is 11.8. The van der Waals surface area contributed by atoms with Crippen LogP contribution in [-0.2, 0) is 4.79 Å². The molecule has 3 aromatic rings. The number of methoxy groups -OCH3 is 2. The van der Waals surface area contributed by atoms with Crippen molar-refractivity contribution in [3.63, 3.8) is 0 Å². The highest BCUT2D eigenvalue weighted by Gasteiger charge is 2.14. The summed E-state index contributed by atoms with van der Waals surface area (Å²) in [5.74, 6) is 2.62. The molecule has 0 aliphatic carbocycles. The summed E-state index contributed by atoms with van der Waals surface area (Å²) < 4.78 is 21.1. The number of fused-ring (bicyclic) bond motifs is 1. The van der Waals surface area contributed by atoms with Crippen LogP contribution in [0.5, 0.6) is 23.0 Å². The highest BCUT2D eigenvalue weighted by atomic mass is 32.2. The molecule has 30 heavy (non-hydrogen) atoms. The second-order valence-corrected chi connectivity index (χ2v) is 7.23. The maximum Gasteiger partial charge on any atom is 0.234 e. The lowest BCUT2D eigenvalue weighted by Gasteiger charge is -2.09. The van der Waals surface area contributed by atoms with Gasteiger partial charge in [0.1, 0.15) is 5.03 Å². The molecule has 0 saturated carbocycles. The number of ether oxygens (including phenoxy) is 4. The van der Waals surface area contributed by atoms with E-state index in [1.165, 1.54) is 11.8 Å². The monoisotopic (exact) mass is 425 g/mol. The van der Waals surface area contributed by atoms with Crippen LogP contribution in [0.25, 0.3) is 11.3 Å². The molecular weight excluding hydrogens is 406 g/mol. The first-order valence-corrected chi connectivity index (χ1v) is 10.0. The summed E-state index contributed by atoms with van der Waals surface area (Å²) in [6.07, 6.45) is 0. The lowest BCUT2D eigenvalue weighted by molar-refractivity contribution is -0.113. The van der Waals surface area contributed by atoms with Crippen LogP contribution in [0, 0.1) is 0 Å². The van der Waals surface area contributed by atoms with Gasteiger partial charge in [-0.3, -0.25) is 4.79 Å². The maximum atomic E-state index is 12.2. The summed E-state index contributed by atoms with van der Waals surface area (Å²) in [4.78, 5) is 12.2. The molecule has 0 spiro atoms. The second kappa shape index (κ2) is 8.91. The first-order chi connectivity index (χ1) is 14.7. The molecule has 0 bridgehead atoms. The summed E-state index contributed by atoms with van der Waals surface area (Å²) >= 11 is 1.30. The lowest BCUT2D eigenvalue weighted by atomic mass is 10.1. The van der Waals surface area contributed by atoms with E-state index in [9.17, 15) is 4.79 Å². The van der Waals surface area contributed by atoms with Gasteiger partial charge in [-0.2, -0.15) is 0 Å². The molecule has 1 amide bonds. The van der Waals surface area contributed by atoms with E-state index in [-0.39, 0.29) is 18.5 Å². The Kier molecular flexibility index (Phi) is 5.89. The minimum absolute atomic E-state index is 0.148. The fourth-order valence-corrected chi connectivity index (χ4v) is 3.47. The third-order valence-corrected chi connectivity index (χ3v) is 5.25. The van der Waals surface area contributed by atoms with Gasteiger partial charge in [0, 0.05) is 17.3 Å². The van der Waals surface area contributed by atoms with Crippen LogP contribution < -0.4 is 24.3 Å². The Balaban J connectivity index is 1.35. The van der Waals surface area contributed by atoms with Crippen LogP contribution in [0.2, 0.25) is 0 Å². The van der Waals surface area contributed by atoms with Crippen molar-refractivity contribution in [2.75, 3.05) is 32.1 Å². The van der Waals surface area contributed by atoms with Crippen LogP contribution in [0.1, 0.15) is 0 Å². The summed E-state index contributed by atoms with van der Waals surface area (Å²) in [7, 11) is 3.17. The molecule has 0 radical (unpaired) electrons. The highest BCUT2D eigenvalue weighted by Crippen LogP contribution is 2.34. The second-order valence-electron chi connectivity index (χ2n) is 6.23. The third-order valence-electron chi connectivity index (χ3n) is 4.33. The molecule has 2 heterocycles. The first kappa shape index (κ1) is 19.8. The minimum Gasteiger partial charge on any atom is -0.493 e. The summed E-state index contributed by atoms with van der Waals surface area (Å²) in [5, 5.41) is 11.9. The van der Waals surface area contributed by atoms with Gasteiger partial charge in [-0.05, 0) is 42.5 Å². The molecule has 8 nitrogen and oxygen atoms in total. The molecule has 0 atom stereocenters. The molecular formula is C21H19N3O5S. The van der Waals surface area contributed by atoms with Crippen LogP contribution >= 0.6 is 11.8 Å². The standard InChI is InChI=1S/C21H19N3O5S/c1-26-16-6-3-13(9-18(16)27-2)15-5-8-21(24-23-15)30-11-20(25)22-14-4-7-17-19(10-14)29-12-28-17/h3-10H,11-12H2,1-2H3,(H,22,25). The molecule has 4 rings (SSSR count). The zero-order chi connectivity index (χ0) is 20.9. The summed E-state index contributed by atoms with van der Waals surface area (Å²) in [6, 6.07) is 14.5. The van der Waals surface area contributed by atoms with Gasteiger partial charge in [-0.15, -0.1) is 10.2 Å². The van der Waals surface area contributed by atoms with Crippen LogP contribution in [0.3, 0.4) is 0 Å². The number of benzene rings is 2. The van der Waals surface area contributed by atoms with Crippen molar-refractivity contribution < 1.29 is 23.7 Å². The Bertz CT molecular complexity index is 1060. The Labute approximate surface area is 177 Å². The van der Waals surface area contributed by atoms with Crippen LogP contribution in [-0.4, -0.2) is 42.9 Å². The zero-order valence-corrected chi connectivity index (χ0v) is 17.2. The van der Waals surface area contributed by atoms with E-state index >= 15 is 0 Å². The largest absolute Gasteiger partial charge is 0.493 e. The third kappa shape index (κ3) is 4.41. The van der Waals surface area contributed by atoms with Crippen LogP contribution in [0.4, 0.5) is 5.69 Å². The molecule has 1 aromatic heterocycles. The number of hydrogen-bond acceptors (Lipinski definition) is 8. The van der Waals surface area contributed by atoms with Crippen molar-refractivity contribution in [1.29, 1.82) is 0 Å². The van der Waals surface area contributed by atoms with Crippen molar-refractivity contribution >= 4 is 23.4 Å². The van der Waals surface area contributed by atoms with Gasteiger partial charge in [0.25, 0.3) is 0 Å². The van der Waals surface area contributed by atoms with Gasteiger partial charge < -0.3 is 24.3 Å². The van der Waals surface area contributed by atoms with E-state index in [1.54, 1.807) is 32.4 Å². The fraction of sp³-hybridized carbons (Fsp3) is 0.190. The lowest BCUT2D eigenvalue weighted by Crippen LogP contribution is -2.14. The zero-order valence-electron chi connectivity index (χ0n) is 16.4. The molecule has 2 aromatic carbocycles. The number of hydrogen-bond donors (Lipinski definition) is 1. The average Bonchev–Trinajstić information content (AvgIpc) is 3.25. The number of amides is 1. The quantitative estimate of drug-likeness (QED) is 0.574. The number of aromatic nitrogens is 2. The van der Waals surface area contributed by atoms with Crippen molar-refractivity contribution in [3.8, 4) is 34.3 Å². The van der Waals surface area contributed by atoms with Gasteiger partial charge >= 0.3 is 0 Å². The molecule has 0 unspecified atom stereocenters. The molecule has 154 valence electrons. The summed E-state index contributed by atoms with van der Waals surface area (Å²) in [5.41, 5.74) is 2.21. The van der Waals surface area contributed by atoms with Gasteiger partial charge in [-0.25, -0.2) is 0 Å². The molecule has 0 fully saturated rings. The Morgan fingerprint density at radius 3 is 2.60 bits per heavy atom. The van der Waals surface area contributed by atoms with Gasteiger partial charge in [-0.1, -0.05) is 11.8 Å². The Morgan fingerprint density at radius 1 is 1.00 bits per heavy atom. The topological polar surface area (TPSA) is 91.8 Å². The van der Waals surface area contributed by atoms with E-state index < -0.39 is 0 Å². The van der Waals surface area contributed by atoms with Crippen molar-refractivity contribution in [2.45, 2.75) is 5.03 Å². The molecule has 9 heteroatoms. The number of rotatable bonds is 7. The SMILES string of the molecule is COc1ccc(-c2ccc(SCC(=O)Nc3ccc4c(c3)OCO4)nn2)cc1OC. The molecule has 1 N–H and O–H groups in total. The number of anilines is 1. The number of nitrogens with zero attached hydrogens (tertiary/aromatic N) is 2. The van der Waals surface area contributed by atoms with Gasteiger partial charge in [0.15, 0.2) is 23.0 Å². The smallest absolute Gasteiger partial charge is 0.234 e. The van der Waals surface area contributed by atoms with Gasteiger partial charge in [0.2, 0.25) is 12.7 Å². The fourth-order valence-electron chi connectivity index (χ4n) is 2.86. The van der Waals surface area contributed by atoms with Gasteiger partial charge in [0.05, 0.1) is 25.7 Å². The van der Waals surface area contributed by atoms with Crippen molar-refractivity contribution in [2.24, 2.45) is 0 Å². The minimum atomic E-state index is -0.148. The van der Waals surface area contributed by atoms with E-state index in [0.29, 0.717) is 39.4 Å². The van der Waals surface area contributed by atoms with E-state index in [0.717, 1.165) is 5.56 Å². The Hall–Kier alpha value is -3.46. The van der Waals surface area contributed by atoms with E-state index in [4.69, 9.17) is 18.9 Å². The average molecular weight is 425 g/mol. The predicted octanol–water partition coefficient (Wildman–Crippen LogP) is 3.62. The molecule has 1 aliphatic rings. The number of carbonyl (C=O) groups excluding carboxylic acids is 1. The summed E-state index contributed by atoms with van der Waals surface area (Å²) in [6.45, 7) is 0.195. The predicted molar refractivity (Wildman–Crippen MR) is 112 cm³/mol. The van der Waals surface area contributed by atoms with E-state index in [1.807, 2.05) is 30.3 Å².